The molecule has 8 heteroatoms. The second kappa shape index (κ2) is 7.09. The first-order valence-corrected chi connectivity index (χ1v) is 8.66. The molecule has 0 fully saturated rings. The standard InChI is InChI=1S/C11H20N4O2S2/c1-9(5-7-18-3)15(2)19(16,17)11-8-13-6-4-10(11)14-12/h4,6,8-9H,5,7,12H2,1-3H3,(H,13,14). The van der Waals surface area contributed by atoms with Gasteiger partial charge in [-0.15, -0.1) is 0 Å². The van der Waals surface area contributed by atoms with Crippen molar-refractivity contribution in [3.05, 3.63) is 18.5 Å². The van der Waals surface area contributed by atoms with E-state index in [1.54, 1.807) is 18.8 Å². The number of aromatic nitrogens is 1. The van der Waals surface area contributed by atoms with E-state index in [-0.39, 0.29) is 10.9 Å². The summed E-state index contributed by atoms with van der Waals surface area (Å²) in [5.74, 6) is 6.25. The van der Waals surface area contributed by atoms with Crippen LogP contribution >= 0.6 is 11.8 Å². The van der Waals surface area contributed by atoms with Gasteiger partial charge in [-0.25, -0.2) is 8.42 Å². The van der Waals surface area contributed by atoms with Gasteiger partial charge in [-0.05, 0) is 31.4 Å². The van der Waals surface area contributed by atoms with Gasteiger partial charge in [0.05, 0.1) is 5.69 Å². The number of thioether (sulfide) groups is 1. The first-order valence-electron chi connectivity index (χ1n) is 5.82. The third kappa shape index (κ3) is 3.82. The first kappa shape index (κ1) is 16.2. The molecule has 0 saturated heterocycles. The molecule has 1 aromatic rings. The highest BCUT2D eigenvalue weighted by Gasteiger charge is 2.27. The van der Waals surface area contributed by atoms with Crippen LogP contribution in [0, 0.1) is 0 Å². The maximum absolute atomic E-state index is 12.5. The number of hydrazine groups is 1. The first-order chi connectivity index (χ1) is 8.95. The molecule has 1 aromatic heterocycles. The minimum atomic E-state index is -3.59. The van der Waals surface area contributed by atoms with Crippen LogP contribution in [-0.4, -0.2) is 42.8 Å². The normalized spacial score (nSPS) is 13.5. The number of nitrogens with one attached hydrogen (secondary N) is 1. The van der Waals surface area contributed by atoms with Crippen molar-refractivity contribution in [3.63, 3.8) is 0 Å². The minimum Gasteiger partial charge on any atom is -0.323 e. The number of rotatable bonds is 7. The summed E-state index contributed by atoms with van der Waals surface area (Å²) in [7, 11) is -2.02. The van der Waals surface area contributed by atoms with E-state index in [0.717, 1.165) is 12.2 Å². The van der Waals surface area contributed by atoms with Gasteiger partial charge >= 0.3 is 0 Å². The van der Waals surface area contributed by atoms with Gasteiger partial charge in [0, 0.05) is 25.5 Å². The second-order valence-electron chi connectivity index (χ2n) is 4.17. The zero-order valence-corrected chi connectivity index (χ0v) is 13.0. The van der Waals surface area contributed by atoms with E-state index in [1.807, 2.05) is 13.2 Å². The van der Waals surface area contributed by atoms with Crippen molar-refractivity contribution in [3.8, 4) is 0 Å². The Labute approximate surface area is 118 Å². The van der Waals surface area contributed by atoms with Crippen molar-refractivity contribution >= 4 is 27.5 Å². The third-order valence-electron chi connectivity index (χ3n) is 2.96. The number of sulfonamides is 1. The lowest BCUT2D eigenvalue weighted by Crippen LogP contribution is -2.36. The Balaban J connectivity index is 3.03. The van der Waals surface area contributed by atoms with Gasteiger partial charge in [-0.3, -0.25) is 10.8 Å². The highest BCUT2D eigenvalue weighted by atomic mass is 32.2. The van der Waals surface area contributed by atoms with E-state index < -0.39 is 10.0 Å². The molecule has 0 aliphatic carbocycles. The molecule has 0 aromatic carbocycles. The Morgan fingerprint density at radius 3 is 2.84 bits per heavy atom. The molecule has 0 amide bonds. The molecule has 3 N–H and O–H groups in total. The monoisotopic (exact) mass is 304 g/mol. The van der Waals surface area contributed by atoms with Gasteiger partial charge in [0.2, 0.25) is 10.0 Å². The molecule has 6 nitrogen and oxygen atoms in total. The van der Waals surface area contributed by atoms with Crippen LogP contribution in [0.5, 0.6) is 0 Å². The summed E-state index contributed by atoms with van der Waals surface area (Å²) in [4.78, 5) is 3.95. The van der Waals surface area contributed by atoms with Crippen LogP contribution in [0.3, 0.4) is 0 Å². The Morgan fingerprint density at radius 1 is 1.58 bits per heavy atom. The predicted octanol–water partition coefficient (Wildman–Crippen LogP) is 1.13. The van der Waals surface area contributed by atoms with Crippen molar-refractivity contribution in [2.45, 2.75) is 24.3 Å². The number of nitrogen functional groups attached to an aromatic ring is 1. The number of hydrogen-bond donors (Lipinski definition) is 2. The Hall–Kier alpha value is -0.830. The van der Waals surface area contributed by atoms with Gasteiger partial charge in [-0.1, -0.05) is 0 Å². The van der Waals surface area contributed by atoms with Crippen LogP contribution in [-0.2, 0) is 10.0 Å². The molecule has 0 radical (unpaired) electrons. The van der Waals surface area contributed by atoms with Crippen molar-refractivity contribution in [1.29, 1.82) is 0 Å². The molecule has 1 atom stereocenters. The van der Waals surface area contributed by atoms with E-state index in [1.165, 1.54) is 22.8 Å². The van der Waals surface area contributed by atoms with Crippen molar-refractivity contribution < 1.29 is 8.42 Å². The van der Waals surface area contributed by atoms with Gasteiger partial charge in [0.1, 0.15) is 4.90 Å². The molecule has 1 unspecified atom stereocenters. The van der Waals surface area contributed by atoms with Crippen LogP contribution in [0.4, 0.5) is 5.69 Å². The number of nitrogens with two attached hydrogens (primary N) is 1. The fourth-order valence-electron chi connectivity index (χ4n) is 1.57. The molecular formula is C11H20N4O2S2. The summed E-state index contributed by atoms with van der Waals surface area (Å²) in [5, 5.41) is 0. The Bertz CT molecular complexity index is 507. The van der Waals surface area contributed by atoms with Gasteiger partial charge < -0.3 is 5.43 Å². The van der Waals surface area contributed by atoms with Crippen LogP contribution in [0.25, 0.3) is 0 Å². The zero-order chi connectivity index (χ0) is 14.5. The molecule has 19 heavy (non-hydrogen) atoms. The maximum atomic E-state index is 12.5. The zero-order valence-electron chi connectivity index (χ0n) is 11.3. The summed E-state index contributed by atoms with van der Waals surface area (Å²) >= 11 is 1.70. The van der Waals surface area contributed by atoms with Gasteiger partial charge in [0.15, 0.2) is 0 Å². The lowest BCUT2D eigenvalue weighted by atomic mass is 10.3. The highest BCUT2D eigenvalue weighted by Crippen LogP contribution is 2.24. The van der Waals surface area contributed by atoms with Crippen LogP contribution in [0.15, 0.2) is 23.4 Å². The molecule has 0 spiro atoms. The van der Waals surface area contributed by atoms with E-state index in [0.29, 0.717) is 5.69 Å². The number of pyridine rings is 1. The average molecular weight is 304 g/mol. The Morgan fingerprint density at radius 2 is 2.26 bits per heavy atom. The predicted molar refractivity (Wildman–Crippen MR) is 79.5 cm³/mol. The number of anilines is 1. The molecule has 0 aliphatic rings. The molecule has 108 valence electrons. The van der Waals surface area contributed by atoms with Gasteiger partial charge in [0.25, 0.3) is 0 Å². The van der Waals surface area contributed by atoms with Crippen LogP contribution in [0.1, 0.15) is 13.3 Å². The molecule has 0 aliphatic heterocycles. The SMILES string of the molecule is CSCCC(C)N(C)S(=O)(=O)c1cnccc1NN. The average Bonchev–Trinajstić information content (AvgIpc) is 2.43. The van der Waals surface area contributed by atoms with Crippen molar-refractivity contribution in [1.82, 2.24) is 9.29 Å². The van der Waals surface area contributed by atoms with Crippen molar-refractivity contribution in [2.75, 3.05) is 24.5 Å². The quantitative estimate of drug-likeness (QED) is 0.580. The van der Waals surface area contributed by atoms with Gasteiger partial charge in [-0.2, -0.15) is 16.1 Å². The lowest BCUT2D eigenvalue weighted by Gasteiger charge is -2.24. The van der Waals surface area contributed by atoms with E-state index in [4.69, 9.17) is 5.84 Å². The largest absolute Gasteiger partial charge is 0.323 e. The molecule has 1 heterocycles. The smallest absolute Gasteiger partial charge is 0.246 e. The number of hydrogen-bond acceptors (Lipinski definition) is 6. The van der Waals surface area contributed by atoms with Crippen molar-refractivity contribution in [2.24, 2.45) is 5.84 Å². The van der Waals surface area contributed by atoms with E-state index in [9.17, 15) is 8.42 Å². The topological polar surface area (TPSA) is 88.3 Å². The third-order valence-corrected chi connectivity index (χ3v) is 5.60. The fourth-order valence-corrected chi connectivity index (χ4v) is 3.63. The van der Waals surface area contributed by atoms with E-state index in [2.05, 4.69) is 10.4 Å². The summed E-state index contributed by atoms with van der Waals surface area (Å²) in [6, 6.07) is 1.45. The molecule has 0 bridgehead atoms. The van der Waals surface area contributed by atoms with Crippen LogP contribution in [0.2, 0.25) is 0 Å². The minimum absolute atomic E-state index is 0.0803. The Kier molecular flexibility index (Phi) is 6.05. The molecule has 1 rings (SSSR count). The van der Waals surface area contributed by atoms with E-state index >= 15 is 0 Å². The highest BCUT2D eigenvalue weighted by molar-refractivity contribution is 7.98. The number of nitrogens with zero attached hydrogens (tertiary/aromatic N) is 2. The summed E-state index contributed by atoms with van der Waals surface area (Å²) in [5.41, 5.74) is 2.73. The second-order valence-corrected chi connectivity index (χ2v) is 7.12. The lowest BCUT2D eigenvalue weighted by molar-refractivity contribution is 0.382. The summed E-state index contributed by atoms with van der Waals surface area (Å²) < 4.78 is 26.4. The maximum Gasteiger partial charge on any atom is 0.246 e. The molecule has 0 saturated carbocycles. The summed E-state index contributed by atoms with van der Waals surface area (Å²) in [6.45, 7) is 1.89. The summed E-state index contributed by atoms with van der Waals surface area (Å²) in [6.07, 6.45) is 5.59. The fraction of sp³-hybridized carbons (Fsp3) is 0.545. The van der Waals surface area contributed by atoms with Crippen LogP contribution < -0.4 is 11.3 Å². The molecular weight excluding hydrogens is 284 g/mol.